The summed E-state index contributed by atoms with van der Waals surface area (Å²) in [4.78, 5) is 38.1. The molecule has 1 aliphatic heterocycles. The topological polar surface area (TPSA) is 96.0 Å². The van der Waals surface area contributed by atoms with Crippen molar-refractivity contribution in [1.82, 2.24) is 29.5 Å². The van der Waals surface area contributed by atoms with E-state index in [1.165, 1.54) is 6.26 Å². The van der Waals surface area contributed by atoms with Crippen LogP contribution in [-0.4, -0.2) is 69.2 Å². The van der Waals surface area contributed by atoms with Crippen LogP contribution < -0.4 is 5.32 Å². The third-order valence-electron chi connectivity index (χ3n) is 5.40. The maximum Gasteiger partial charge on any atom is 0.275 e. The molecule has 0 aliphatic carbocycles. The summed E-state index contributed by atoms with van der Waals surface area (Å²) < 4.78 is 7.41. The molecule has 2 amide bonds. The number of pyridine rings is 1. The number of hydrogen-bond acceptors (Lipinski definition) is 6. The van der Waals surface area contributed by atoms with Gasteiger partial charge in [-0.3, -0.25) is 9.59 Å². The van der Waals surface area contributed by atoms with Crippen LogP contribution in [0.3, 0.4) is 0 Å². The Hall–Kier alpha value is -3.20. The Morgan fingerprint density at radius 3 is 2.67 bits per heavy atom. The zero-order valence-corrected chi connectivity index (χ0v) is 17.4. The van der Waals surface area contributed by atoms with Gasteiger partial charge in [0.2, 0.25) is 5.89 Å². The molecule has 0 saturated carbocycles. The Balaban J connectivity index is 1.49. The largest absolute Gasteiger partial charge is 0.446 e. The van der Waals surface area contributed by atoms with E-state index in [-0.39, 0.29) is 23.4 Å². The molecule has 9 nitrogen and oxygen atoms in total. The molecule has 0 unspecified atom stereocenters. The minimum atomic E-state index is -0.454. The van der Waals surface area contributed by atoms with Gasteiger partial charge in [0.05, 0.1) is 5.56 Å². The van der Waals surface area contributed by atoms with Crippen molar-refractivity contribution >= 4 is 17.5 Å². The lowest BCUT2D eigenvalue weighted by Gasteiger charge is -2.31. The number of hydrogen-bond donors (Lipinski definition) is 1. The molecule has 0 bridgehead atoms. The first-order chi connectivity index (χ1) is 14.4. The summed E-state index contributed by atoms with van der Waals surface area (Å²) in [7, 11) is 2.04. The van der Waals surface area contributed by atoms with Gasteiger partial charge in [0.15, 0.2) is 5.69 Å². The Morgan fingerprint density at radius 2 is 1.93 bits per heavy atom. The van der Waals surface area contributed by atoms with Crippen LogP contribution in [0.2, 0.25) is 0 Å². The number of aromatic nitrogens is 3. The van der Waals surface area contributed by atoms with Gasteiger partial charge in [0.1, 0.15) is 18.0 Å². The molecule has 1 atom stereocenters. The van der Waals surface area contributed by atoms with Crippen LogP contribution in [0, 0.1) is 5.92 Å². The average Bonchev–Trinajstić information content (AvgIpc) is 3.40. The summed E-state index contributed by atoms with van der Waals surface area (Å²) >= 11 is 0. The second-order valence-electron chi connectivity index (χ2n) is 7.97. The van der Waals surface area contributed by atoms with Crippen molar-refractivity contribution in [2.24, 2.45) is 5.92 Å². The Morgan fingerprint density at radius 1 is 1.17 bits per heavy atom. The second kappa shape index (κ2) is 8.27. The van der Waals surface area contributed by atoms with Crippen LogP contribution in [0.15, 0.2) is 41.4 Å². The lowest BCUT2D eigenvalue weighted by molar-refractivity contribution is 0.0658. The lowest BCUT2D eigenvalue weighted by atomic mass is 10.0. The van der Waals surface area contributed by atoms with E-state index in [1.54, 1.807) is 40.0 Å². The van der Waals surface area contributed by atoms with Gasteiger partial charge in [0.25, 0.3) is 11.8 Å². The molecular weight excluding hydrogens is 384 g/mol. The molecule has 3 aromatic heterocycles. The number of oxazole rings is 1. The van der Waals surface area contributed by atoms with Crippen molar-refractivity contribution in [3.63, 3.8) is 0 Å². The standard InChI is InChI=1S/C21H26N6O3/c1-14(2)18(24-19(28)15-4-5-17-22-6-7-27(17)12-15)20-23-16(13-30-20)21(29)26-10-8-25(3)9-11-26/h4-7,12-14,18H,8-11H2,1-3H3,(H,24,28)/t18-/m1/s1. The summed E-state index contributed by atoms with van der Waals surface area (Å²) in [6.07, 6.45) is 6.58. The monoisotopic (exact) mass is 410 g/mol. The van der Waals surface area contributed by atoms with Gasteiger partial charge in [-0.05, 0) is 25.1 Å². The van der Waals surface area contributed by atoms with E-state index in [0.717, 1.165) is 18.7 Å². The predicted octanol–water partition coefficient (Wildman–Crippen LogP) is 1.84. The summed E-state index contributed by atoms with van der Waals surface area (Å²) in [5, 5.41) is 2.98. The summed E-state index contributed by atoms with van der Waals surface area (Å²) in [6.45, 7) is 6.94. The third kappa shape index (κ3) is 4.06. The molecule has 1 fully saturated rings. The zero-order valence-electron chi connectivity index (χ0n) is 17.4. The molecule has 0 spiro atoms. The first-order valence-electron chi connectivity index (χ1n) is 10.1. The van der Waals surface area contributed by atoms with Crippen molar-refractivity contribution in [3.8, 4) is 0 Å². The maximum atomic E-state index is 12.8. The highest BCUT2D eigenvalue weighted by molar-refractivity contribution is 5.94. The van der Waals surface area contributed by atoms with Crippen LogP contribution >= 0.6 is 0 Å². The number of carbonyl (C=O) groups excluding carboxylic acids is 2. The van der Waals surface area contributed by atoms with Gasteiger partial charge in [-0.1, -0.05) is 13.8 Å². The molecule has 0 aromatic carbocycles. The Labute approximate surface area is 174 Å². The van der Waals surface area contributed by atoms with Crippen molar-refractivity contribution in [3.05, 3.63) is 54.1 Å². The highest BCUT2D eigenvalue weighted by Gasteiger charge is 2.28. The second-order valence-corrected chi connectivity index (χ2v) is 7.97. The Kier molecular flexibility index (Phi) is 5.54. The number of nitrogens with one attached hydrogen (secondary N) is 1. The molecule has 4 rings (SSSR count). The van der Waals surface area contributed by atoms with Crippen LogP contribution in [-0.2, 0) is 0 Å². The molecule has 1 saturated heterocycles. The van der Waals surface area contributed by atoms with E-state index in [4.69, 9.17) is 4.42 Å². The van der Waals surface area contributed by atoms with Crippen molar-refractivity contribution in [2.45, 2.75) is 19.9 Å². The fraction of sp³-hybridized carbons (Fsp3) is 0.429. The number of imidazole rings is 1. The van der Waals surface area contributed by atoms with Crippen molar-refractivity contribution in [1.29, 1.82) is 0 Å². The number of amides is 2. The zero-order chi connectivity index (χ0) is 21.3. The average molecular weight is 410 g/mol. The molecular formula is C21H26N6O3. The van der Waals surface area contributed by atoms with Crippen LogP contribution in [0.25, 0.3) is 5.65 Å². The molecule has 9 heteroatoms. The van der Waals surface area contributed by atoms with Gasteiger partial charge in [0, 0.05) is 44.8 Å². The van der Waals surface area contributed by atoms with E-state index < -0.39 is 6.04 Å². The quantitative estimate of drug-likeness (QED) is 0.690. The fourth-order valence-electron chi connectivity index (χ4n) is 3.49. The molecule has 3 aromatic rings. The van der Waals surface area contributed by atoms with Crippen LogP contribution in [0.1, 0.15) is 46.6 Å². The van der Waals surface area contributed by atoms with Crippen molar-refractivity contribution < 1.29 is 14.0 Å². The van der Waals surface area contributed by atoms with Crippen LogP contribution in [0.5, 0.6) is 0 Å². The molecule has 30 heavy (non-hydrogen) atoms. The SMILES string of the molecule is CC(C)[C@@H](NC(=O)c1ccc2nccn2c1)c1nc(C(=O)N2CCN(C)CC2)co1. The van der Waals surface area contributed by atoms with E-state index in [0.29, 0.717) is 24.5 Å². The third-order valence-corrected chi connectivity index (χ3v) is 5.40. The number of rotatable bonds is 5. The first-order valence-corrected chi connectivity index (χ1v) is 10.1. The number of nitrogens with zero attached hydrogens (tertiary/aromatic N) is 5. The predicted molar refractivity (Wildman–Crippen MR) is 110 cm³/mol. The van der Waals surface area contributed by atoms with Crippen LogP contribution in [0.4, 0.5) is 0 Å². The highest BCUT2D eigenvalue weighted by Crippen LogP contribution is 2.22. The number of piperazine rings is 1. The van der Waals surface area contributed by atoms with Gasteiger partial charge < -0.3 is 23.9 Å². The van der Waals surface area contributed by atoms with Gasteiger partial charge in [-0.2, -0.15) is 0 Å². The Bertz CT molecular complexity index is 1050. The summed E-state index contributed by atoms with van der Waals surface area (Å²) in [6, 6.07) is 3.06. The van der Waals surface area contributed by atoms with Gasteiger partial charge >= 0.3 is 0 Å². The molecule has 4 heterocycles. The minimum absolute atomic E-state index is 0.0242. The van der Waals surface area contributed by atoms with E-state index in [1.807, 2.05) is 20.9 Å². The fourth-order valence-corrected chi connectivity index (χ4v) is 3.49. The molecule has 158 valence electrons. The highest BCUT2D eigenvalue weighted by atomic mass is 16.3. The smallest absolute Gasteiger partial charge is 0.275 e. The van der Waals surface area contributed by atoms with E-state index >= 15 is 0 Å². The maximum absolute atomic E-state index is 12.8. The molecule has 1 N–H and O–H groups in total. The van der Waals surface area contributed by atoms with E-state index in [2.05, 4.69) is 20.2 Å². The molecule has 1 aliphatic rings. The van der Waals surface area contributed by atoms with Gasteiger partial charge in [-0.25, -0.2) is 9.97 Å². The summed E-state index contributed by atoms with van der Waals surface area (Å²) in [5.74, 6) is -0.0253. The minimum Gasteiger partial charge on any atom is -0.446 e. The van der Waals surface area contributed by atoms with Gasteiger partial charge in [-0.15, -0.1) is 0 Å². The lowest BCUT2D eigenvalue weighted by Crippen LogP contribution is -2.47. The van der Waals surface area contributed by atoms with E-state index in [9.17, 15) is 9.59 Å². The van der Waals surface area contributed by atoms with Crippen molar-refractivity contribution in [2.75, 3.05) is 33.2 Å². The number of fused-ring (bicyclic) bond motifs is 1. The summed E-state index contributed by atoms with van der Waals surface area (Å²) in [5.41, 5.74) is 1.55. The molecule has 0 radical (unpaired) electrons. The number of carbonyl (C=O) groups is 2. The number of likely N-dealkylation sites (N-methyl/N-ethyl adjacent to an activating group) is 1. The first kappa shape index (κ1) is 20.1. The normalized spacial score (nSPS) is 16.2.